The van der Waals surface area contributed by atoms with Crippen molar-refractivity contribution < 1.29 is 14.3 Å². The zero-order valence-electron chi connectivity index (χ0n) is 18.7. The van der Waals surface area contributed by atoms with E-state index in [0.717, 1.165) is 58.1 Å². The predicted molar refractivity (Wildman–Crippen MR) is 136 cm³/mol. The summed E-state index contributed by atoms with van der Waals surface area (Å²) >= 11 is 0. The first-order valence-corrected chi connectivity index (χ1v) is 11.3. The van der Waals surface area contributed by atoms with Gasteiger partial charge in [0.1, 0.15) is 23.0 Å². The van der Waals surface area contributed by atoms with Crippen LogP contribution in [0.5, 0.6) is 23.0 Å². The van der Waals surface area contributed by atoms with Crippen molar-refractivity contribution in [2.45, 2.75) is 12.8 Å². The molecule has 34 heavy (non-hydrogen) atoms. The third-order valence-corrected chi connectivity index (χ3v) is 5.60. The third kappa shape index (κ3) is 5.33. The smallest absolute Gasteiger partial charge is 0.185 e. The second-order valence-electron chi connectivity index (χ2n) is 8.14. The topological polar surface area (TPSA) is 35.5 Å². The van der Waals surface area contributed by atoms with Crippen LogP contribution in [0.3, 0.4) is 0 Å². The number of rotatable bonds is 6. The number of hydrogen-bond acceptors (Lipinski definition) is 3. The molecule has 0 atom stereocenters. The zero-order chi connectivity index (χ0) is 23.2. The molecule has 3 heteroatoms. The molecular weight excluding hydrogens is 420 g/mol. The molecule has 1 aliphatic rings. The van der Waals surface area contributed by atoms with Crippen LogP contribution in [-0.4, -0.2) is 5.78 Å². The van der Waals surface area contributed by atoms with E-state index in [0.29, 0.717) is 0 Å². The van der Waals surface area contributed by atoms with Gasteiger partial charge in [-0.3, -0.25) is 4.79 Å². The van der Waals surface area contributed by atoms with Gasteiger partial charge >= 0.3 is 0 Å². The lowest BCUT2D eigenvalue weighted by atomic mass is 10.1. The maximum Gasteiger partial charge on any atom is 0.185 e. The molecule has 0 aromatic heterocycles. The highest BCUT2D eigenvalue weighted by molar-refractivity contribution is 6.15. The minimum Gasteiger partial charge on any atom is -0.457 e. The Morgan fingerprint density at radius 1 is 0.500 bits per heavy atom. The Labute approximate surface area is 199 Å². The first-order chi connectivity index (χ1) is 16.7. The molecule has 0 saturated heterocycles. The van der Waals surface area contributed by atoms with Crippen LogP contribution in [-0.2, 0) is 4.79 Å². The van der Waals surface area contributed by atoms with Crippen LogP contribution in [0.1, 0.15) is 24.0 Å². The van der Waals surface area contributed by atoms with Crippen LogP contribution in [0.25, 0.3) is 12.2 Å². The molecule has 0 aliphatic heterocycles. The van der Waals surface area contributed by atoms with Crippen molar-refractivity contribution in [2.24, 2.45) is 0 Å². The molecule has 0 N–H and O–H groups in total. The zero-order valence-corrected chi connectivity index (χ0v) is 18.7. The Kier molecular flexibility index (Phi) is 6.35. The molecule has 0 heterocycles. The quantitative estimate of drug-likeness (QED) is 0.282. The normalized spacial score (nSPS) is 15.6. The van der Waals surface area contributed by atoms with Crippen molar-refractivity contribution in [1.29, 1.82) is 0 Å². The van der Waals surface area contributed by atoms with Crippen LogP contribution in [0.2, 0.25) is 0 Å². The summed E-state index contributed by atoms with van der Waals surface area (Å²) in [6, 6.07) is 35.0. The molecule has 0 amide bonds. The maximum absolute atomic E-state index is 13.1. The number of ketones is 1. The summed E-state index contributed by atoms with van der Waals surface area (Å²) < 4.78 is 11.9. The molecule has 166 valence electrons. The van der Waals surface area contributed by atoms with Crippen molar-refractivity contribution in [3.63, 3.8) is 0 Å². The number of allylic oxidation sites excluding steroid dienone is 2. The molecular formula is C31H24O3. The van der Waals surface area contributed by atoms with Gasteiger partial charge in [-0.2, -0.15) is 0 Å². The molecule has 1 fully saturated rings. The SMILES string of the molecule is O=C1/C(=C\c2cccc(Oc3ccccc3)c2)CC/C1=C\c1cccc(Oc2ccccc2)c1. The van der Waals surface area contributed by atoms with E-state index in [1.54, 1.807) is 0 Å². The monoisotopic (exact) mass is 444 g/mol. The van der Waals surface area contributed by atoms with Crippen LogP contribution >= 0.6 is 0 Å². The molecule has 4 aromatic carbocycles. The molecule has 0 radical (unpaired) electrons. The maximum atomic E-state index is 13.1. The lowest BCUT2D eigenvalue weighted by Gasteiger charge is -2.06. The summed E-state index contributed by atoms with van der Waals surface area (Å²) in [4.78, 5) is 13.1. The number of para-hydroxylation sites is 2. The Hall–Kier alpha value is -4.37. The average Bonchev–Trinajstić information content (AvgIpc) is 3.19. The van der Waals surface area contributed by atoms with Crippen molar-refractivity contribution in [3.05, 3.63) is 131 Å². The van der Waals surface area contributed by atoms with E-state index < -0.39 is 0 Å². The fourth-order valence-electron chi connectivity index (χ4n) is 3.97. The summed E-state index contributed by atoms with van der Waals surface area (Å²) in [5.41, 5.74) is 3.55. The standard InChI is InChI=1S/C31H24O3/c32-31-25(19-23-9-7-15-29(21-23)33-27-11-3-1-4-12-27)17-18-26(31)20-24-10-8-16-30(22-24)34-28-13-5-2-6-14-28/h1-16,19-22H,17-18H2/b25-19-,26-20+. The fourth-order valence-corrected chi connectivity index (χ4v) is 3.97. The molecule has 0 unspecified atom stereocenters. The van der Waals surface area contributed by atoms with E-state index in [-0.39, 0.29) is 5.78 Å². The van der Waals surface area contributed by atoms with Crippen molar-refractivity contribution in [3.8, 4) is 23.0 Å². The lowest BCUT2D eigenvalue weighted by Crippen LogP contribution is -1.95. The number of ether oxygens (including phenoxy) is 2. The van der Waals surface area contributed by atoms with Crippen LogP contribution in [0.4, 0.5) is 0 Å². The minimum atomic E-state index is 0.101. The highest BCUT2D eigenvalue weighted by atomic mass is 16.5. The molecule has 0 spiro atoms. The molecule has 5 rings (SSSR count). The summed E-state index contributed by atoms with van der Waals surface area (Å²) in [6.45, 7) is 0. The van der Waals surface area contributed by atoms with Gasteiger partial charge in [0.25, 0.3) is 0 Å². The van der Waals surface area contributed by atoms with E-state index in [9.17, 15) is 4.79 Å². The Morgan fingerprint density at radius 3 is 1.35 bits per heavy atom. The van der Waals surface area contributed by atoms with E-state index in [2.05, 4.69) is 0 Å². The highest BCUT2D eigenvalue weighted by Gasteiger charge is 2.23. The van der Waals surface area contributed by atoms with Gasteiger partial charge in [0.05, 0.1) is 0 Å². The summed E-state index contributed by atoms with van der Waals surface area (Å²) in [5, 5.41) is 0. The first-order valence-electron chi connectivity index (χ1n) is 11.3. The minimum absolute atomic E-state index is 0.101. The fraction of sp³-hybridized carbons (Fsp3) is 0.0645. The molecule has 0 bridgehead atoms. The Bertz CT molecular complexity index is 1250. The van der Waals surface area contributed by atoms with Gasteiger partial charge in [0, 0.05) is 11.1 Å². The van der Waals surface area contributed by atoms with E-state index in [1.807, 2.05) is 121 Å². The van der Waals surface area contributed by atoms with Crippen molar-refractivity contribution >= 4 is 17.9 Å². The van der Waals surface area contributed by atoms with E-state index in [4.69, 9.17) is 9.47 Å². The molecule has 4 aromatic rings. The summed E-state index contributed by atoms with van der Waals surface area (Å²) in [7, 11) is 0. The second kappa shape index (κ2) is 10.1. The number of Topliss-reactive ketones (excluding diaryl/α,β-unsaturated/α-hetero) is 1. The summed E-state index contributed by atoms with van der Waals surface area (Å²) in [5.74, 6) is 3.17. The number of carbonyl (C=O) groups is 1. The van der Waals surface area contributed by atoms with Crippen LogP contribution in [0.15, 0.2) is 120 Å². The average molecular weight is 445 g/mol. The Balaban J connectivity index is 1.31. The summed E-state index contributed by atoms with van der Waals surface area (Å²) in [6.07, 6.45) is 5.40. The van der Waals surface area contributed by atoms with Gasteiger partial charge in [0.15, 0.2) is 5.78 Å². The van der Waals surface area contributed by atoms with Crippen molar-refractivity contribution in [2.75, 3.05) is 0 Å². The largest absolute Gasteiger partial charge is 0.457 e. The van der Waals surface area contributed by atoms with Gasteiger partial charge in [-0.05, 0) is 84.7 Å². The van der Waals surface area contributed by atoms with Gasteiger partial charge in [0.2, 0.25) is 0 Å². The molecule has 1 saturated carbocycles. The number of carbonyl (C=O) groups excluding carboxylic acids is 1. The van der Waals surface area contributed by atoms with Gasteiger partial charge in [-0.1, -0.05) is 60.7 Å². The van der Waals surface area contributed by atoms with Gasteiger partial charge < -0.3 is 9.47 Å². The number of benzene rings is 4. The Morgan fingerprint density at radius 2 is 0.912 bits per heavy atom. The molecule has 3 nitrogen and oxygen atoms in total. The third-order valence-electron chi connectivity index (χ3n) is 5.60. The highest BCUT2D eigenvalue weighted by Crippen LogP contribution is 2.31. The van der Waals surface area contributed by atoms with Crippen LogP contribution < -0.4 is 9.47 Å². The number of hydrogen-bond donors (Lipinski definition) is 0. The lowest BCUT2D eigenvalue weighted by molar-refractivity contribution is -0.111. The van der Waals surface area contributed by atoms with Crippen molar-refractivity contribution in [1.82, 2.24) is 0 Å². The van der Waals surface area contributed by atoms with Gasteiger partial charge in [-0.25, -0.2) is 0 Å². The van der Waals surface area contributed by atoms with Gasteiger partial charge in [-0.15, -0.1) is 0 Å². The van der Waals surface area contributed by atoms with E-state index >= 15 is 0 Å². The van der Waals surface area contributed by atoms with E-state index in [1.165, 1.54) is 0 Å². The first kappa shape index (κ1) is 21.5. The van der Waals surface area contributed by atoms with Crippen LogP contribution in [0, 0.1) is 0 Å². The second-order valence-corrected chi connectivity index (χ2v) is 8.14. The molecule has 1 aliphatic carbocycles. The predicted octanol–water partition coefficient (Wildman–Crippen LogP) is 8.10.